The Kier molecular flexibility index (Phi) is 7.34. The van der Waals surface area contributed by atoms with E-state index in [-0.39, 0.29) is 11.5 Å². The first-order chi connectivity index (χ1) is 7.69. The van der Waals surface area contributed by atoms with E-state index in [0.717, 1.165) is 13.1 Å². The van der Waals surface area contributed by atoms with E-state index >= 15 is 0 Å². The van der Waals surface area contributed by atoms with Gasteiger partial charge in [-0.1, -0.05) is 60.8 Å². The first kappa shape index (κ1) is 16.9. The van der Waals surface area contributed by atoms with Crippen molar-refractivity contribution in [3.63, 3.8) is 0 Å². The van der Waals surface area contributed by atoms with Gasteiger partial charge in [0.2, 0.25) is 0 Å². The molecular formula is C15H34N2. The van der Waals surface area contributed by atoms with Gasteiger partial charge in [0.1, 0.15) is 0 Å². The Labute approximate surface area is 109 Å². The van der Waals surface area contributed by atoms with Crippen LogP contribution in [0.25, 0.3) is 0 Å². The largest absolute Gasteiger partial charge is 0.326 e. The molecule has 1 atom stereocenters. The molecule has 0 aromatic carbocycles. The van der Waals surface area contributed by atoms with Gasteiger partial charge in [0, 0.05) is 19.1 Å². The van der Waals surface area contributed by atoms with Crippen LogP contribution in [0.2, 0.25) is 0 Å². The van der Waals surface area contributed by atoms with Gasteiger partial charge in [-0.3, -0.25) is 0 Å². The van der Waals surface area contributed by atoms with Gasteiger partial charge in [-0.15, -0.1) is 0 Å². The molecule has 1 unspecified atom stereocenters. The fourth-order valence-corrected chi connectivity index (χ4v) is 1.81. The number of unbranched alkanes of at least 4 members (excludes halogenated alkanes) is 2. The topological polar surface area (TPSA) is 38.0 Å². The summed E-state index contributed by atoms with van der Waals surface area (Å²) in [6.45, 7) is 15.5. The lowest BCUT2D eigenvalue weighted by molar-refractivity contribution is 0.268. The molecule has 0 aromatic rings. The van der Waals surface area contributed by atoms with Gasteiger partial charge < -0.3 is 11.1 Å². The molecule has 0 saturated carbocycles. The van der Waals surface area contributed by atoms with E-state index in [9.17, 15) is 0 Å². The number of nitrogens with two attached hydrogens (primary N) is 1. The van der Waals surface area contributed by atoms with Crippen LogP contribution in [0.4, 0.5) is 0 Å². The van der Waals surface area contributed by atoms with E-state index in [1.807, 2.05) is 0 Å². The van der Waals surface area contributed by atoms with Gasteiger partial charge >= 0.3 is 0 Å². The van der Waals surface area contributed by atoms with Gasteiger partial charge in [0.05, 0.1) is 0 Å². The highest BCUT2D eigenvalue weighted by Gasteiger charge is 2.22. The maximum atomic E-state index is 6.14. The summed E-state index contributed by atoms with van der Waals surface area (Å²) >= 11 is 0. The van der Waals surface area contributed by atoms with Crippen molar-refractivity contribution >= 4 is 0 Å². The molecule has 0 radical (unpaired) electrons. The van der Waals surface area contributed by atoms with Crippen LogP contribution in [-0.2, 0) is 0 Å². The first-order valence-corrected chi connectivity index (χ1v) is 7.15. The molecule has 2 nitrogen and oxygen atoms in total. The molecular weight excluding hydrogens is 208 g/mol. The smallest absolute Gasteiger partial charge is 0.0214 e. The minimum absolute atomic E-state index is 0.194. The normalized spacial score (nSPS) is 15.0. The molecule has 17 heavy (non-hydrogen) atoms. The van der Waals surface area contributed by atoms with Crippen molar-refractivity contribution in [2.75, 3.05) is 13.1 Å². The highest BCUT2D eigenvalue weighted by Crippen LogP contribution is 2.23. The third kappa shape index (κ3) is 8.62. The zero-order valence-corrected chi connectivity index (χ0v) is 12.9. The van der Waals surface area contributed by atoms with E-state index in [1.165, 1.54) is 25.7 Å². The van der Waals surface area contributed by atoms with Crippen molar-refractivity contribution in [1.29, 1.82) is 0 Å². The zero-order valence-electron chi connectivity index (χ0n) is 12.9. The summed E-state index contributed by atoms with van der Waals surface area (Å²) in [7, 11) is 0. The predicted molar refractivity (Wildman–Crippen MR) is 78.2 cm³/mol. The maximum absolute atomic E-state index is 6.14. The predicted octanol–water partition coefficient (Wildman–Crippen LogP) is 3.56. The van der Waals surface area contributed by atoms with Crippen molar-refractivity contribution in [2.45, 2.75) is 73.3 Å². The monoisotopic (exact) mass is 242 g/mol. The van der Waals surface area contributed by atoms with Gasteiger partial charge in [-0.05, 0) is 17.3 Å². The highest BCUT2D eigenvalue weighted by atomic mass is 14.9. The molecule has 104 valence electrons. The van der Waals surface area contributed by atoms with Gasteiger partial charge in [-0.25, -0.2) is 0 Å². The minimum atomic E-state index is 0.194. The molecule has 0 fully saturated rings. The molecule has 0 aromatic heterocycles. The van der Waals surface area contributed by atoms with Crippen molar-refractivity contribution in [3.8, 4) is 0 Å². The van der Waals surface area contributed by atoms with Crippen LogP contribution in [0.3, 0.4) is 0 Å². The van der Waals surface area contributed by atoms with Crippen LogP contribution < -0.4 is 11.1 Å². The fraction of sp³-hybridized carbons (Fsp3) is 1.00. The Balaban J connectivity index is 3.79. The number of nitrogens with one attached hydrogen (secondary N) is 1. The summed E-state index contributed by atoms with van der Waals surface area (Å²) in [6.07, 6.45) is 5.30. The molecule has 0 bridgehead atoms. The van der Waals surface area contributed by atoms with E-state index in [2.05, 4.69) is 46.9 Å². The maximum Gasteiger partial charge on any atom is 0.0214 e. The number of hydrogen-bond acceptors (Lipinski definition) is 2. The summed E-state index contributed by atoms with van der Waals surface area (Å²) in [5.74, 6) is 0. The Bertz CT molecular complexity index is 192. The second-order valence-electron chi connectivity index (χ2n) is 7.22. The fourth-order valence-electron chi connectivity index (χ4n) is 1.81. The molecule has 0 saturated heterocycles. The molecule has 0 heterocycles. The molecule has 0 amide bonds. The third-order valence-corrected chi connectivity index (χ3v) is 3.54. The summed E-state index contributed by atoms with van der Waals surface area (Å²) in [4.78, 5) is 0. The van der Waals surface area contributed by atoms with E-state index in [4.69, 9.17) is 5.73 Å². The third-order valence-electron chi connectivity index (χ3n) is 3.54. The average molecular weight is 242 g/mol. The molecule has 0 rings (SSSR count). The molecule has 0 aliphatic rings. The zero-order chi connectivity index (χ0) is 13.5. The Morgan fingerprint density at radius 3 is 2.12 bits per heavy atom. The number of hydrogen-bond donors (Lipinski definition) is 2. The van der Waals surface area contributed by atoms with Crippen LogP contribution in [0.1, 0.15) is 67.2 Å². The van der Waals surface area contributed by atoms with Crippen LogP contribution in [0.5, 0.6) is 0 Å². The Hall–Kier alpha value is -0.0800. The van der Waals surface area contributed by atoms with Crippen molar-refractivity contribution in [2.24, 2.45) is 16.6 Å². The van der Waals surface area contributed by atoms with E-state index in [1.54, 1.807) is 0 Å². The summed E-state index contributed by atoms with van der Waals surface area (Å²) in [6, 6.07) is 0.231. The SMILES string of the molecule is CCCCCC(C)(C)CNCC(N)C(C)(C)C. The lowest BCUT2D eigenvalue weighted by Crippen LogP contribution is -2.45. The molecule has 0 spiro atoms. The molecule has 0 aliphatic carbocycles. The van der Waals surface area contributed by atoms with Crippen molar-refractivity contribution in [1.82, 2.24) is 5.32 Å². The van der Waals surface area contributed by atoms with Gasteiger partial charge in [0.25, 0.3) is 0 Å². The van der Waals surface area contributed by atoms with Crippen LogP contribution in [0, 0.1) is 10.8 Å². The second-order valence-corrected chi connectivity index (χ2v) is 7.22. The first-order valence-electron chi connectivity index (χ1n) is 7.15. The van der Waals surface area contributed by atoms with Crippen LogP contribution >= 0.6 is 0 Å². The van der Waals surface area contributed by atoms with E-state index in [0.29, 0.717) is 5.41 Å². The summed E-state index contributed by atoms with van der Waals surface area (Å²) < 4.78 is 0. The van der Waals surface area contributed by atoms with Gasteiger partial charge in [-0.2, -0.15) is 0 Å². The van der Waals surface area contributed by atoms with Crippen LogP contribution in [-0.4, -0.2) is 19.1 Å². The standard InChI is InChI=1S/C15H34N2/c1-7-8-9-10-15(5,6)12-17-11-13(16)14(2,3)4/h13,17H,7-12,16H2,1-6H3. The summed E-state index contributed by atoms with van der Waals surface area (Å²) in [5, 5.41) is 3.53. The Morgan fingerprint density at radius 2 is 1.65 bits per heavy atom. The molecule has 0 aliphatic heterocycles. The molecule has 2 heteroatoms. The van der Waals surface area contributed by atoms with Crippen molar-refractivity contribution < 1.29 is 0 Å². The van der Waals surface area contributed by atoms with Crippen molar-refractivity contribution in [3.05, 3.63) is 0 Å². The summed E-state index contributed by atoms with van der Waals surface area (Å²) in [5.41, 5.74) is 6.73. The lowest BCUT2D eigenvalue weighted by atomic mass is 9.85. The lowest BCUT2D eigenvalue weighted by Gasteiger charge is -2.30. The molecule has 3 N–H and O–H groups in total. The van der Waals surface area contributed by atoms with E-state index < -0.39 is 0 Å². The average Bonchev–Trinajstić information content (AvgIpc) is 2.16. The van der Waals surface area contributed by atoms with Gasteiger partial charge in [0.15, 0.2) is 0 Å². The quantitative estimate of drug-likeness (QED) is 0.639. The number of rotatable bonds is 8. The highest BCUT2D eigenvalue weighted by molar-refractivity contribution is 4.80. The minimum Gasteiger partial charge on any atom is -0.326 e. The second kappa shape index (κ2) is 7.38. The van der Waals surface area contributed by atoms with Crippen LogP contribution in [0.15, 0.2) is 0 Å². The Morgan fingerprint density at radius 1 is 1.06 bits per heavy atom.